The Kier molecular flexibility index (Phi) is 6.80. The van der Waals surface area contributed by atoms with Crippen LogP contribution in [0.4, 0.5) is 26.3 Å². The zero-order chi connectivity index (χ0) is 21.7. The lowest BCUT2D eigenvalue weighted by Crippen LogP contribution is -2.11. The molecule has 2 aromatic carbocycles. The maximum Gasteiger partial charge on any atom is 0.416 e. The van der Waals surface area contributed by atoms with Gasteiger partial charge in [-0.3, -0.25) is 0 Å². The predicted octanol–water partition coefficient (Wildman–Crippen LogP) is 5.33. The number of hydrogen-bond acceptors (Lipinski definition) is 3. The zero-order valence-electron chi connectivity index (χ0n) is 14.9. The lowest BCUT2D eigenvalue weighted by atomic mass is 10.0. The smallest absolute Gasteiger partial charge is 0.416 e. The second-order valence-electron chi connectivity index (χ2n) is 5.71. The van der Waals surface area contributed by atoms with E-state index in [1.54, 1.807) is 12.1 Å². The minimum absolute atomic E-state index is 0.0296. The lowest BCUT2D eigenvalue weighted by Gasteiger charge is -2.12. The van der Waals surface area contributed by atoms with E-state index in [2.05, 4.69) is 11.8 Å². The number of halogens is 6. The molecule has 0 atom stereocenters. The second-order valence-corrected chi connectivity index (χ2v) is 5.71. The SMILES string of the molecule is COc1ccc(C(=O)OCCC#Cc2cc(C(F)(F)F)cc(C(F)(F)F)c2)cc1. The van der Waals surface area contributed by atoms with Gasteiger partial charge in [0.2, 0.25) is 0 Å². The fourth-order valence-electron chi connectivity index (χ4n) is 2.20. The number of benzene rings is 2. The molecule has 0 unspecified atom stereocenters. The topological polar surface area (TPSA) is 35.5 Å². The molecule has 0 radical (unpaired) electrons. The van der Waals surface area contributed by atoms with Crippen LogP contribution in [0.5, 0.6) is 5.75 Å². The maximum atomic E-state index is 12.8. The first-order chi connectivity index (χ1) is 13.5. The van der Waals surface area contributed by atoms with Crippen LogP contribution in [0.2, 0.25) is 0 Å². The summed E-state index contributed by atoms with van der Waals surface area (Å²) in [4.78, 5) is 11.8. The molecular weight excluding hydrogens is 402 g/mol. The van der Waals surface area contributed by atoms with Crippen LogP contribution < -0.4 is 4.74 Å². The van der Waals surface area contributed by atoms with Gasteiger partial charge in [0.15, 0.2) is 0 Å². The van der Waals surface area contributed by atoms with Gasteiger partial charge >= 0.3 is 18.3 Å². The summed E-state index contributed by atoms with van der Waals surface area (Å²) in [6.45, 7) is -0.178. The zero-order valence-corrected chi connectivity index (χ0v) is 14.9. The van der Waals surface area contributed by atoms with Gasteiger partial charge in [0.05, 0.1) is 23.8 Å². The Morgan fingerprint density at radius 2 is 1.48 bits per heavy atom. The van der Waals surface area contributed by atoms with E-state index in [0.717, 1.165) is 0 Å². The molecular formula is C20H14F6O3. The fourth-order valence-corrected chi connectivity index (χ4v) is 2.20. The van der Waals surface area contributed by atoms with Gasteiger partial charge in [-0.25, -0.2) is 4.79 Å². The molecule has 0 amide bonds. The van der Waals surface area contributed by atoms with E-state index in [1.807, 2.05) is 0 Å². The quantitative estimate of drug-likeness (QED) is 0.293. The number of ether oxygens (including phenoxy) is 2. The van der Waals surface area contributed by atoms with Gasteiger partial charge in [-0.2, -0.15) is 26.3 Å². The summed E-state index contributed by atoms with van der Waals surface area (Å²) in [6, 6.07) is 7.17. The van der Waals surface area contributed by atoms with Crippen LogP contribution in [-0.4, -0.2) is 19.7 Å². The van der Waals surface area contributed by atoms with Gasteiger partial charge in [0.25, 0.3) is 0 Å². The number of carbonyl (C=O) groups excluding carboxylic acids is 1. The van der Waals surface area contributed by atoms with Crippen molar-refractivity contribution in [3.05, 3.63) is 64.7 Å². The predicted molar refractivity (Wildman–Crippen MR) is 91.2 cm³/mol. The first-order valence-corrected chi connectivity index (χ1v) is 8.10. The summed E-state index contributed by atoms with van der Waals surface area (Å²) in [5.74, 6) is 4.54. The van der Waals surface area contributed by atoms with E-state index in [0.29, 0.717) is 17.9 Å². The van der Waals surface area contributed by atoms with Crippen LogP contribution in [0.1, 0.15) is 33.5 Å². The summed E-state index contributed by atoms with van der Waals surface area (Å²) >= 11 is 0. The molecule has 9 heteroatoms. The van der Waals surface area contributed by atoms with Gasteiger partial charge in [0.1, 0.15) is 12.4 Å². The monoisotopic (exact) mass is 416 g/mol. The van der Waals surface area contributed by atoms with E-state index >= 15 is 0 Å². The van der Waals surface area contributed by atoms with Crippen LogP contribution in [0.3, 0.4) is 0 Å². The molecule has 0 fully saturated rings. The number of hydrogen-bond donors (Lipinski definition) is 0. The van der Waals surface area contributed by atoms with Crippen LogP contribution in [0, 0.1) is 11.8 Å². The molecule has 0 saturated carbocycles. The van der Waals surface area contributed by atoms with Crippen molar-refractivity contribution in [2.24, 2.45) is 0 Å². The number of rotatable bonds is 4. The van der Waals surface area contributed by atoms with Gasteiger partial charge in [-0.05, 0) is 42.5 Å². The molecule has 0 N–H and O–H groups in total. The summed E-state index contributed by atoms with van der Waals surface area (Å²) in [5, 5.41) is 0. The molecule has 3 nitrogen and oxygen atoms in total. The lowest BCUT2D eigenvalue weighted by molar-refractivity contribution is -0.143. The van der Waals surface area contributed by atoms with Gasteiger partial charge < -0.3 is 9.47 Å². The van der Waals surface area contributed by atoms with Crippen molar-refractivity contribution in [2.45, 2.75) is 18.8 Å². The van der Waals surface area contributed by atoms with Crippen molar-refractivity contribution >= 4 is 5.97 Å². The van der Waals surface area contributed by atoms with Crippen LogP contribution in [0.15, 0.2) is 42.5 Å². The maximum absolute atomic E-state index is 12.8. The Balaban J connectivity index is 2.03. The molecule has 2 rings (SSSR count). The van der Waals surface area contributed by atoms with E-state index in [-0.39, 0.29) is 24.7 Å². The Bertz CT molecular complexity index is 886. The third-order valence-electron chi connectivity index (χ3n) is 3.61. The van der Waals surface area contributed by atoms with Crippen LogP contribution in [-0.2, 0) is 17.1 Å². The largest absolute Gasteiger partial charge is 0.497 e. The summed E-state index contributed by atoms with van der Waals surface area (Å²) in [7, 11) is 1.47. The second kappa shape index (κ2) is 8.90. The summed E-state index contributed by atoms with van der Waals surface area (Å²) < 4.78 is 86.7. The number of alkyl halides is 6. The van der Waals surface area contributed by atoms with Crippen molar-refractivity contribution in [1.29, 1.82) is 0 Å². The van der Waals surface area contributed by atoms with Crippen molar-refractivity contribution in [3.8, 4) is 17.6 Å². The van der Waals surface area contributed by atoms with Gasteiger partial charge in [0, 0.05) is 12.0 Å². The van der Waals surface area contributed by atoms with Crippen molar-refractivity contribution < 1.29 is 40.6 Å². The molecule has 2 aromatic rings. The Morgan fingerprint density at radius 1 is 0.931 bits per heavy atom. The normalized spacial score (nSPS) is 11.4. The highest BCUT2D eigenvalue weighted by atomic mass is 19.4. The van der Waals surface area contributed by atoms with E-state index in [1.165, 1.54) is 19.2 Å². The average molecular weight is 416 g/mol. The Hall–Kier alpha value is -3.15. The molecule has 0 aliphatic carbocycles. The number of carbonyl (C=O) groups is 1. The molecule has 0 saturated heterocycles. The molecule has 154 valence electrons. The molecule has 0 spiro atoms. The summed E-state index contributed by atoms with van der Waals surface area (Å²) in [5.41, 5.74) is -3.06. The number of methoxy groups -OCH3 is 1. The molecule has 29 heavy (non-hydrogen) atoms. The van der Waals surface area contributed by atoms with Gasteiger partial charge in [-0.15, -0.1) is 0 Å². The highest BCUT2D eigenvalue weighted by Gasteiger charge is 2.36. The van der Waals surface area contributed by atoms with Crippen molar-refractivity contribution in [2.75, 3.05) is 13.7 Å². The standard InChI is InChI=1S/C20H14F6O3/c1-28-17-7-5-14(6-8-17)18(27)29-9-3-2-4-13-10-15(19(21,22)23)12-16(11-13)20(24,25)26/h5-8,10-12H,3,9H2,1H3. The highest BCUT2D eigenvalue weighted by Crippen LogP contribution is 2.36. The van der Waals surface area contributed by atoms with Gasteiger partial charge in [-0.1, -0.05) is 11.8 Å². The molecule has 0 aromatic heterocycles. The molecule has 0 heterocycles. The van der Waals surface area contributed by atoms with Crippen molar-refractivity contribution in [1.82, 2.24) is 0 Å². The molecule has 0 aliphatic heterocycles. The fraction of sp³-hybridized carbons (Fsp3) is 0.250. The van der Waals surface area contributed by atoms with E-state index < -0.39 is 35.0 Å². The van der Waals surface area contributed by atoms with Crippen LogP contribution >= 0.6 is 0 Å². The highest BCUT2D eigenvalue weighted by molar-refractivity contribution is 5.89. The Labute approximate surface area is 162 Å². The van der Waals surface area contributed by atoms with Crippen LogP contribution in [0.25, 0.3) is 0 Å². The summed E-state index contributed by atoms with van der Waals surface area (Å²) in [6.07, 6.45) is -9.95. The first-order valence-electron chi connectivity index (χ1n) is 8.10. The minimum Gasteiger partial charge on any atom is -0.497 e. The molecule has 0 bridgehead atoms. The third kappa shape index (κ3) is 6.45. The van der Waals surface area contributed by atoms with E-state index in [4.69, 9.17) is 9.47 Å². The Morgan fingerprint density at radius 3 is 1.97 bits per heavy atom. The average Bonchev–Trinajstić information content (AvgIpc) is 2.66. The first kappa shape index (κ1) is 22.1. The number of esters is 1. The minimum atomic E-state index is -4.94. The molecule has 0 aliphatic rings. The van der Waals surface area contributed by atoms with E-state index in [9.17, 15) is 31.1 Å². The van der Waals surface area contributed by atoms with Crippen molar-refractivity contribution in [3.63, 3.8) is 0 Å². The third-order valence-corrected chi connectivity index (χ3v) is 3.61.